The molecule has 0 unspecified atom stereocenters. The number of fused-ring (bicyclic) bond motifs is 1. The van der Waals surface area contributed by atoms with E-state index in [1.54, 1.807) is 12.1 Å². The minimum Gasteiger partial charge on any atom is -0.508 e. The van der Waals surface area contributed by atoms with Crippen LogP contribution in [0.4, 0.5) is 0 Å². The van der Waals surface area contributed by atoms with Crippen LogP contribution in [0, 0.1) is 6.92 Å². The maximum atomic E-state index is 9.48. The van der Waals surface area contributed by atoms with Gasteiger partial charge in [-0.05, 0) is 37.3 Å². The van der Waals surface area contributed by atoms with Crippen molar-refractivity contribution in [3.63, 3.8) is 0 Å². The van der Waals surface area contributed by atoms with Gasteiger partial charge in [-0.3, -0.25) is 0 Å². The molecule has 3 rings (SSSR count). The summed E-state index contributed by atoms with van der Waals surface area (Å²) < 4.78 is 0. The van der Waals surface area contributed by atoms with E-state index in [4.69, 9.17) is 0 Å². The van der Waals surface area contributed by atoms with E-state index >= 15 is 0 Å². The molecule has 0 aliphatic heterocycles. The highest BCUT2D eigenvalue weighted by Crippen LogP contribution is 2.30. The standard InChI is InChI=1S/C15H12N2OS/c1-10-15(19-12-6-4-5-11(18)9-12)17-14-8-3-2-7-13(14)16-10/h2-9,18H,1H3. The van der Waals surface area contributed by atoms with Crippen molar-refractivity contribution in [3.8, 4) is 5.75 Å². The fourth-order valence-electron chi connectivity index (χ4n) is 1.83. The van der Waals surface area contributed by atoms with Crippen LogP contribution in [0.3, 0.4) is 0 Å². The van der Waals surface area contributed by atoms with Gasteiger partial charge in [0.15, 0.2) is 0 Å². The average Bonchev–Trinajstić information content (AvgIpc) is 2.40. The Morgan fingerprint density at radius 1 is 0.947 bits per heavy atom. The molecule has 0 radical (unpaired) electrons. The smallest absolute Gasteiger partial charge is 0.123 e. The summed E-state index contributed by atoms with van der Waals surface area (Å²) >= 11 is 1.51. The van der Waals surface area contributed by atoms with E-state index in [1.165, 1.54) is 11.8 Å². The second-order valence-corrected chi connectivity index (χ2v) is 5.26. The van der Waals surface area contributed by atoms with E-state index in [1.807, 2.05) is 43.3 Å². The zero-order valence-electron chi connectivity index (χ0n) is 10.4. The van der Waals surface area contributed by atoms with Crippen molar-refractivity contribution in [2.24, 2.45) is 0 Å². The number of phenolic OH excluding ortho intramolecular Hbond substituents is 1. The Kier molecular flexibility index (Phi) is 3.09. The zero-order valence-corrected chi connectivity index (χ0v) is 11.2. The molecule has 2 aromatic carbocycles. The lowest BCUT2D eigenvalue weighted by Gasteiger charge is -2.06. The van der Waals surface area contributed by atoms with E-state index < -0.39 is 0 Å². The topological polar surface area (TPSA) is 46.0 Å². The van der Waals surface area contributed by atoms with Crippen molar-refractivity contribution < 1.29 is 5.11 Å². The molecule has 1 heterocycles. The number of aryl methyl sites for hydroxylation is 1. The molecule has 0 amide bonds. The molecule has 0 aliphatic carbocycles. The predicted molar refractivity (Wildman–Crippen MR) is 76.5 cm³/mol. The average molecular weight is 268 g/mol. The SMILES string of the molecule is Cc1nc2ccccc2nc1Sc1cccc(O)c1. The van der Waals surface area contributed by atoms with Crippen LogP contribution in [0.2, 0.25) is 0 Å². The van der Waals surface area contributed by atoms with Gasteiger partial charge in [-0.25, -0.2) is 9.97 Å². The van der Waals surface area contributed by atoms with Crippen molar-refractivity contribution in [2.75, 3.05) is 0 Å². The Hall–Kier alpha value is -2.07. The van der Waals surface area contributed by atoms with Crippen LogP contribution in [-0.4, -0.2) is 15.1 Å². The van der Waals surface area contributed by atoms with E-state index in [0.717, 1.165) is 26.6 Å². The molecule has 0 fully saturated rings. The third-order valence-electron chi connectivity index (χ3n) is 2.73. The number of phenols is 1. The minimum absolute atomic E-state index is 0.261. The molecule has 0 spiro atoms. The molecule has 3 aromatic rings. The summed E-state index contributed by atoms with van der Waals surface area (Å²) in [6.07, 6.45) is 0. The van der Waals surface area contributed by atoms with Crippen molar-refractivity contribution in [3.05, 3.63) is 54.2 Å². The van der Waals surface area contributed by atoms with Crippen LogP contribution in [-0.2, 0) is 0 Å². The number of rotatable bonds is 2. The Bertz CT molecular complexity index is 743. The summed E-state index contributed by atoms with van der Waals surface area (Å²) in [5.74, 6) is 0.261. The highest BCUT2D eigenvalue weighted by Gasteiger charge is 2.07. The van der Waals surface area contributed by atoms with Crippen LogP contribution in [0.5, 0.6) is 5.75 Å². The van der Waals surface area contributed by atoms with Gasteiger partial charge in [-0.1, -0.05) is 30.0 Å². The quantitative estimate of drug-likeness (QED) is 0.768. The number of benzene rings is 2. The number of hydrogen-bond acceptors (Lipinski definition) is 4. The first kappa shape index (κ1) is 12.0. The van der Waals surface area contributed by atoms with Crippen molar-refractivity contribution in [1.29, 1.82) is 0 Å². The number of hydrogen-bond donors (Lipinski definition) is 1. The third kappa shape index (κ3) is 2.53. The molecule has 0 saturated heterocycles. The lowest BCUT2D eigenvalue weighted by molar-refractivity contribution is 0.474. The molecule has 4 heteroatoms. The normalized spacial score (nSPS) is 10.8. The molecule has 3 nitrogen and oxygen atoms in total. The van der Waals surface area contributed by atoms with Gasteiger partial charge in [0.1, 0.15) is 10.8 Å². The van der Waals surface area contributed by atoms with Crippen LogP contribution >= 0.6 is 11.8 Å². The molecule has 19 heavy (non-hydrogen) atoms. The fraction of sp³-hybridized carbons (Fsp3) is 0.0667. The number of aromatic hydroxyl groups is 1. The Morgan fingerprint density at radius 2 is 1.68 bits per heavy atom. The second kappa shape index (κ2) is 4.90. The molecule has 0 saturated carbocycles. The van der Waals surface area contributed by atoms with E-state index in [9.17, 15) is 5.11 Å². The monoisotopic (exact) mass is 268 g/mol. The molecular weight excluding hydrogens is 256 g/mol. The molecule has 0 bridgehead atoms. The summed E-state index contributed by atoms with van der Waals surface area (Å²) in [5.41, 5.74) is 2.68. The molecular formula is C15H12N2OS. The van der Waals surface area contributed by atoms with Gasteiger partial charge >= 0.3 is 0 Å². The predicted octanol–water partition coefficient (Wildman–Crippen LogP) is 3.80. The first-order valence-electron chi connectivity index (χ1n) is 5.92. The first-order valence-corrected chi connectivity index (χ1v) is 6.74. The molecule has 0 atom stereocenters. The van der Waals surface area contributed by atoms with Gasteiger partial charge < -0.3 is 5.11 Å². The third-order valence-corrected chi connectivity index (χ3v) is 3.80. The van der Waals surface area contributed by atoms with Gasteiger partial charge in [0.25, 0.3) is 0 Å². The van der Waals surface area contributed by atoms with Crippen LogP contribution < -0.4 is 0 Å². The van der Waals surface area contributed by atoms with Crippen molar-refractivity contribution in [2.45, 2.75) is 16.8 Å². The maximum absolute atomic E-state index is 9.48. The Balaban J connectivity index is 2.03. The molecule has 1 N–H and O–H groups in total. The molecule has 0 aliphatic rings. The van der Waals surface area contributed by atoms with E-state index in [-0.39, 0.29) is 5.75 Å². The van der Waals surface area contributed by atoms with Crippen molar-refractivity contribution >= 4 is 22.8 Å². The minimum atomic E-state index is 0.261. The van der Waals surface area contributed by atoms with Crippen molar-refractivity contribution in [1.82, 2.24) is 9.97 Å². The van der Waals surface area contributed by atoms with Gasteiger partial charge in [0.05, 0.1) is 16.7 Å². The molecule has 94 valence electrons. The summed E-state index contributed by atoms with van der Waals surface area (Å²) in [7, 11) is 0. The number of para-hydroxylation sites is 2. The lowest BCUT2D eigenvalue weighted by Crippen LogP contribution is -1.92. The Labute approximate surface area is 115 Å². The Morgan fingerprint density at radius 3 is 2.42 bits per heavy atom. The summed E-state index contributed by atoms with van der Waals surface area (Å²) in [5, 5.41) is 10.3. The van der Waals surface area contributed by atoms with E-state index in [2.05, 4.69) is 9.97 Å². The summed E-state index contributed by atoms with van der Waals surface area (Å²) in [4.78, 5) is 10.1. The van der Waals surface area contributed by atoms with Gasteiger partial charge in [0, 0.05) is 4.90 Å². The largest absolute Gasteiger partial charge is 0.508 e. The van der Waals surface area contributed by atoms with Crippen LogP contribution in [0.25, 0.3) is 11.0 Å². The summed E-state index contributed by atoms with van der Waals surface area (Å²) in [6.45, 7) is 1.95. The lowest BCUT2D eigenvalue weighted by atomic mass is 10.3. The summed E-state index contributed by atoms with van der Waals surface area (Å²) in [6, 6.07) is 15.0. The van der Waals surface area contributed by atoms with E-state index in [0.29, 0.717) is 0 Å². The highest BCUT2D eigenvalue weighted by atomic mass is 32.2. The molecule has 1 aromatic heterocycles. The first-order chi connectivity index (χ1) is 9.22. The van der Waals surface area contributed by atoms with Crippen LogP contribution in [0.15, 0.2) is 58.5 Å². The zero-order chi connectivity index (χ0) is 13.2. The van der Waals surface area contributed by atoms with Gasteiger partial charge in [-0.15, -0.1) is 0 Å². The fourth-order valence-corrected chi connectivity index (χ4v) is 2.71. The highest BCUT2D eigenvalue weighted by molar-refractivity contribution is 7.99. The maximum Gasteiger partial charge on any atom is 0.123 e. The number of nitrogens with zero attached hydrogens (tertiary/aromatic N) is 2. The van der Waals surface area contributed by atoms with Gasteiger partial charge in [-0.2, -0.15) is 0 Å². The number of aromatic nitrogens is 2. The van der Waals surface area contributed by atoms with Gasteiger partial charge in [0.2, 0.25) is 0 Å². The van der Waals surface area contributed by atoms with Crippen LogP contribution in [0.1, 0.15) is 5.69 Å². The second-order valence-electron chi connectivity index (χ2n) is 4.20.